The highest BCUT2D eigenvalue weighted by Gasteiger charge is 1.64. The van der Waals surface area contributed by atoms with Gasteiger partial charge in [0, 0.05) is 0 Å². The first-order valence-electron chi connectivity index (χ1n) is 2.44. The lowest BCUT2D eigenvalue weighted by molar-refractivity contribution is 0.403. The second-order valence-corrected chi connectivity index (χ2v) is 1.20. The fourth-order valence-electron chi connectivity index (χ4n) is 0.263. The van der Waals surface area contributed by atoms with E-state index in [1.54, 1.807) is 12.3 Å². The Morgan fingerprint density at radius 2 is 2.12 bits per heavy atom. The van der Waals surface area contributed by atoms with Crippen LogP contribution in [0.5, 0.6) is 0 Å². The minimum absolute atomic E-state index is 0.841. The van der Waals surface area contributed by atoms with Gasteiger partial charge >= 0.3 is 0 Å². The van der Waals surface area contributed by atoms with E-state index >= 15 is 0 Å². The number of hydrogen-bond donors (Lipinski definition) is 0. The molecule has 1 nitrogen and oxygen atoms in total. The van der Waals surface area contributed by atoms with Crippen LogP contribution in [0.15, 0.2) is 37.8 Å². The fraction of sp³-hybridized carbons (Fsp3) is 0.143. The average Bonchev–Trinajstić information content (AvgIpc) is 1.81. The molecule has 0 rings (SSSR count). The zero-order valence-electron chi connectivity index (χ0n) is 4.84. The third kappa shape index (κ3) is 5.02. The Labute approximate surface area is 50.0 Å². The minimum Gasteiger partial charge on any atom is -0.474 e. The third-order valence-corrected chi connectivity index (χ3v) is 0.574. The zero-order chi connectivity index (χ0) is 6.24. The Kier molecular flexibility index (Phi) is 5.28. The predicted molar refractivity (Wildman–Crippen MR) is 35.2 cm³/mol. The smallest absolute Gasteiger partial charge is 0.0864 e. The van der Waals surface area contributed by atoms with E-state index in [0.717, 1.165) is 6.42 Å². The first-order valence-corrected chi connectivity index (χ1v) is 2.44. The van der Waals surface area contributed by atoms with Crippen molar-refractivity contribution in [1.82, 2.24) is 0 Å². The van der Waals surface area contributed by atoms with Gasteiger partial charge in [0.2, 0.25) is 0 Å². The van der Waals surface area contributed by atoms with Crippen LogP contribution in [-0.2, 0) is 4.74 Å². The van der Waals surface area contributed by atoms with E-state index in [0.29, 0.717) is 0 Å². The minimum atomic E-state index is 0.841. The van der Waals surface area contributed by atoms with Gasteiger partial charge in [0.1, 0.15) is 0 Å². The Hall–Kier alpha value is -0.980. The van der Waals surface area contributed by atoms with E-state index in [-0.39, 0.29) is 0 Å². The molecule has 0 unspecified atom stereocenters. The molecule has 8 heavy (non-hydrogen) atoms. The first kappa shape index (κ1) is 7.02. The highest BCUT2D eigenvalue weighted by Crippen LogP contribution is 1.83. The Bertz CT molecular complexity index is 80.6. The second-order valence-electron chi connectivity index (χ2n) is 1.20. The number of allylic oxidation sites excluding steroid dienone is 2. The van der Waals surface area contributed by atoms with Crippen molar-refractivity contribution in [2.45, 2.75) is 6.42 Å². The summed E-state index contributed by atoms with van der Waals surface area (Å²) in [5, 5.41) is 0. The van der Waals surface area contributed by atoms with Gasteiger partial charge in [0.15, 0.2) is 0 Å². The monoisotopic (exact) mass is 110 g/mol. The van der Waals surface area contributed by atoms with Crippen molar-refractivity contribution in [3.8, 4) is 0 Å². The molecule has 0 bridgehead atoms. The maximum absolute atomic E-state index is 4.67. The van der Waals surface area contributed by atoms with Crippen LogP contribution in [0.2, 0.25) is 0 Å². The molecule has 0 aromatic carbocycles. The summed E-state index contributed by atoms with van der Waals surface area (Å²) in [6, 6.07) is 0. The quantitative estimate of drug-likeness (QED) is 0.398. The van der Waals surface area contributed by atoms with E-state index in [9.17, 15) is 0 Å². The van der Waals surface area contributed by atoms with Gasteiger partial charge in [-0.3, -0.25) is 0 Å². The molecule has 0 fully saturated rings. The highest BCUT2D eigenvalue weighted by molar-refractivity contribution is 4.84. The van der Waals surface area contributed by atoms with Crippen LogP contribution in [0.1, 0.15) is 6.42 Å². The molecular formula is C7H10O. The zero-order valence-corrected chi connectivity index (χ0v) is 4.84. The fourth-order valence-corrected chi connectivity index (χ4v) is 0.263. The standard InChI is InChI=1S/C7H10O/c1-3-5-6-7-8-4-2/h3-4,6-7H,1-2,5H2. The molecule has 0 aliphatic carbocycles. The number of ether oxygens (including phenoxy) is 1. The molecule has 1 heteroatoms. The van der Waals surface area contributed by atoms with Gasteiger partial charge in [-0.2, -0.15) is 0 Å². The lowest BCUT2D eigenvalue weighted by Crippen LogP contribution is -1.61. The summed E-state index contributed by atoms with van der Waals surface area (Å²) in [4.78, 5) is 0. The molecule has 0 aliphatic heterocycles. The maximum atomic E-state index is 4.67. The molecule has 0 N–H and O–H groups in total. The van der Waals surface area contributed by atoms with Crippen LogP contribution < -0.4 is 0 Å². The summed E-state index contributed by atoms with van der Waals surface area (Å²) in [5.74, 6) is 0. The second kappa shape index (κ2) is 6.02. The van der Waals surface area contributed by atoms with Gasteiger partial charge in [-0.15, -0.1) is 6.58 Å². The first-order chi connectivity index (χ1) is 3.91. The average molecular weight is 110 g/mol. The van der Waals surface area contributed by atoms with Gasteiger partial charge in [0.05, 0.1) is 12.5 Å². The normalized spacial score (nSPS) is 9.00. The summed E-state index contributed by atoms with van der Waals surface area (Å²) in [6.07, 6.45) is 7.44. The Balaban J connectivity index is 3.06. The summed E-state index contributed by atoms with van der Waals surface area (Å²) in [5.41, 5.74) is 0. The molecule has 0 aliphatic rings. The van der Waals surface area contributed by atoms with Crippen molar-refractivity contribution in [2.75, 3.05) is 0 Å². The van der Waals surface area contributed by atoms with E-state index < -0.39 is 0 Å². The van der Waals surface area contributed by atoms with Crippen molar-refractivity contribution < 1.29 is 4.74 Å². The third-order valence-electron chi connectivity index (χ3n) is 0.574. The molecule has 0 amide bonds. The van der Waals surface area contributed by atoms with Crippen molar-refractivity contribution in [3.05, 3.63) is 37.8 Å². The van der Waals surface area contributed by atoms with E-state index in [1.165, 1.54) is 6.26 Å². The molecule has 0 radical (unpaired) electrons. The lowest BCUT2D eigenvalue weighted by Gasteiger charge is -1.83. The van der Waals surface area contributed by atoms with Gasteiger partial charge in [-0.1, -0.05) is 12.7 Å². The summed E-state index contributed by atoms with van der Waals surface area (Å²) >= 11 is 0. The summed E-state index contributed by atoms with van der Waals surface area (Å²) < 4.78 is 4.67. The van der Waals surface area contributed by atoms with Gasteiger partial charge in [0.25, 0.3) is 0 Å². The van der Waals surface area contributed by atoms with Crippen LogP contribution in [-0.4, -0.2) is 0 Å². The molecule has 0 spiro atoms. The van der Waals surface area contributed by atoms with Crippen LogP contribution in [0, 0.1) is 0 Å². The van der Waals surface area contributed by atoms with Crippen molar-refractivity contribution in [3.63, 3.8) is 0 Å². The molecular weight excluding hydrogens is 100 g/mol. The van der Waals surface area contributed by atoms with Crippen LogP contribution in [0.3, 0.4) is 0 Å². The van der Waals surface area contributed by atoms with E-state index in [1.807, 2.05) is 6.08 Å². The SMILES string of the molecule is C=CCC=COC=C. The number of hydrogen-bond acceptors (Lipinski definition) is 1. The van der Waals surface area contributed by atoms with Crippen LogP contribution in [0.25, 0.3) is 0 Å². The Morgan fingerprint density at radius 3 is 2.62 bits per heavy atom. The largest absolute Gasteiger partial charge is 0.474 e. The molecule has 0 aromatic heterocycles. The Morgan fingerprint density at radius 1 is 1.38 bits per heavy atom. The molecule has 0 heterocycles. The van der Waals surface area contributed by atoms with Gasteiger partial charge < -0.3 is 4.74 Å². The molecule has 0 atom stereocenters. The van der Waals surface area contributed by atoms with Crippen LogP contribution >= 0.6 is 0 Å². The van der Waals surface area contributed by atoms with Gasteiger partial charge in [-0.25, -0.2) is 0 Å². The van der Waals surface area contributed by atoms with Crippen LogP contribution in [0.4, 0.5) is 0 Å². The molecule has 0 saturated carbocycles. The van der Waals surface area contributed by atoms with E-state index in [2.05, 4.69) is 17.9 Å². The van der Waals surface area contributed by atoms with Gasteiger partial charge in [-0.05, 0) is 12.5 Å². The molecule has 0 aromatic rings. The summed E-state index contributed by atoms with van der Waals surface area (Å²) in [6.45, 7) is 6.88. The van der Waals surface area contributed by atoms with Crippen molar-refractivity contribution in [1.29, 1.82) is 0 Å². The predicted octanol–water partition coefficient (Wildman–Crippen LogP) is 2.24. The van der Waals surface area contributed by atoms with E-state index in [4.69, 9.17) is 0 Å². The highest BCUT2D eigenvalue weighted by atomic mass is 16.5. The molecule has 0 saturated heterocycles. The molecule has 44 valence electrons. The summed E-state index contributed by atoms with van der Waals surface area (Å²) in [7, 11) is 0. The van der Waals surface area contributed by atoms with Crippen molar-refractivity contribution in [2.24, 2.45) is 0 Å². The van der Waals surface area contributed by atoms with Crippen molar-refractivity contribution >= 4 is 0 Å². The topological polar surface area (TPSA) is 9.23 Å². The number of rotatable bonds is 4. The maximum Gasteiger partial charge on any atom is 0.0864 e. The lowest BCUT2D eigenvalue weighted by atomic mass is 10.4.